The Balaban J connectivity index is 1.75. The number of nitrogens with zero attached hydrogens (tertiary/aromatic N) is 3. The van der Waals surface area contributed by atoms with Crippen molar-refractivity contribution in [3.8, 4) is 0 Å². The smallest absolute Gasteiger partial charge is 0.410 e. The first-order chi connectivity index (χ1) is 9.74. The zero-order valence-corrected chi connectivity index (χ0v) is 13.6. The number of rotatable bonds is 3. The summed E-state index contributed by atoms with van der Waals surface area (Å²) in [5, 5.41) is 0.377. The second-order valence-electron chi connectivity index (χ2n) is 5.77. The molecular weight excluding hydrogens is 317 g/mol. The number of aromatic nitrogens is 2. The maximum atomic E-state index is 11.7. The number of carbonyl (C=O) groups excluding carboxylic acids is 1. The molecule has 0 spiro atoms. The van der Waals surface area contributed by atoms with Crippen LogP contribution in [0.25, 0.3) is 0 Å². The van der Waals surface area contributed by atoms with Gasteiger partial charge in [-0.05, 0) is 32.4 Å². The van der Waals surface area contributed by atoms with Crippen LogP contribution in [0.2, 0.25) is 10.4 Å². The largest absolute Gasteiger partial charge is 0.444 e. The van der Waals surface area contributed by atoms with E-state index < -0.39 is 5.60 Å². The van der Waals surface area contributed by atoms with E-state index in [1.165, 1.54) is 6.20 Å². The first kappa shape index (κ1) is 16.3. The van der Waals surface area contributed by atoms with Crippen LogP contribution in [-0.4, -0.2) is 45.8 Å². The first-order valence-electron chi connectivity index (χ1n) is 6.51. The molecule has 116 valence electrons. The van der Waals surface area contributed by atoms with Gasteiger partial charge in [0.2, 0.25) is 5.28 Å². The molecule has 0 N–H and O–H groups in total. The fourth-order valence-electron chi connectivity index (χ4n) is 1.69. The summed E-state index contributed by atoms with van der Waals surface area (Å²) in [5.74, 6) is 0. The van der Waals surface area contributed by atoms with Crippen molar-refractivity contribution in [1.29, 1.82) is 0 Å². The van der Waals surface area contributed by atoms with Crippen molar-refractivity contribution < 1.29 is 14.3 Å². The van der Waals surface area contributed by atoms with E-state index in [4.69, 9.17) is 32.7 Å². The van der Waals surface area contributed by atoms with E-state index in [-0.39, 0.29) is 29.2 Å². The standard InChI is InChI=1S/C13H17Cl2N3O3/c1-13(2,3)21-12(19)18-5-9(6-18)20-7-8-4-16-11(15)17-10(8)14/h4,9H,5-7H2,1-3H3. The Kier molecular flexibility index (Phi) is 4.91. The van der Waals surface area contributed by atoms with Gasteiger partial charge in [0.1, 0.15) is 10.8 Å². The van der Waals surface area contributed by atoms with Gasteiger partial charge in [-0.25, -0.2) is 14.8 Å². The molecule has 0 saturated carbocycles. The van der Waals surface area contributed by atoms with Gasteiger partial charge in [-0.3, -0.25) is 0 Å². The summed E-state index contributed by atoms with van der Waals surface area (Å²) in [4.78, 5) is 21.0. The molecule has 1 aliphatic rings. The van der Waals surface area contributed by atoms with Crippen LogP contribution >= 0.6 is 23.2 Å². The van der Waals surface area contributed by atoms with Gasteiger partial charge in [0.15, 0.2) is 0 Å². The first-order valence-corrected chi connectivity index (χ1v) is 7.26. The molecule has 0 aromatic carbocycles. The van der Waals surface area contributed by atoms with Crippen LogP contribution in [0.15, 0.2) is 6.20 Å². The molecule has 2 heterocycles. The van der Waals surface area contributed by atoms with Gasteiger partial charge >= 0.3 is 6.09 Å². The molecule has 6 nitrogen and oxygen atoms in total. The zero-order chi connectivity index (χ0) is 15.6. The highest BCUT2D eigenvalue weighted by Crippen LogP contribution is 2.20. The molecule has 0 aliphatic carbocycles. The minimum Gasteiger partial charge on any atom is -0.444 e. The summed E-state index contributed by atoms with van der Waals surface area (Å²) in [5.41, 5.74) is 0.175. The van der Waals surface area contributed by atoms with Gasteiger partial charge in [0.25, 0.3) is 0 Å². The molecule has 1 aliphatic heterocycles. The molecule has 1 aromatic heterocycles. The fraction of sp³-hybridized carbons (Fsp3) is 0.615. The monoisotopic (exact) mass is 333 g/mol. The lowest BCUT2D eigenvalue weighted by Crippen LogP contribution is -2.55. The van der Waals surface area contributed by atoms with Crippen LogP contribution in [0.4, 0.5) is 4.79 Å². The summed E-state index contributed by atoms with van der Waals surface area (Å²) < 4.78 is 10.9. The number of likely N-dealkylation sites (tertiary alicyclic amines) is 1. The summed E-state index contributed by atoms with van der Waals surface area (Å²) in [6, 6.07) is 0. The molecule has 2 rings (SSSR count). The lowest BCUT2D eigenvalue weighted by molar-refractivity contribution is -0.0692. The second kappa shape index (κ2) is 6.34. The fourth-order valence-corrected chi connectivity index (χ4v) is 2.05. The third-order valence-corrected chi connectivity index (χ3v) is 3.27. The van der Waals surface area contributed by atoms with Crippen LogP contribution in [-0.2, 0) is 16.1 Å². The van der Waals surface area contributed by atoms with E-state index in [0.29, 0.717) is 18.7 Å². The van der Waals surface area contributed by atoms with Gasteiger partial charge in [-0.2, -0.15) is 0 Å². The molecule has 1 fully saturated rings. The van der Waals surface area contributed by atoms with Gasteiger partial charge in [-0.1, -0.05) is 11.6 Å². The topological polar surface area (TPSA) is 64.5 Å². The van der Waals surface area contributed by atoms with Crippen LogP contribution in [0, 0.1) is 0 Å². The summed E-state index contributed by atoms with van der Waals surface area (Å²) in [6.45, 7) is 6.79. The number of hydrogen-bond donors (Lipinski definition) is 0. The normalized spacial score (nSPS) is 15.8. The lowest BCUT2D eigenvalue weighted by Gasteiger charge is -2.39. The Morgan fingerprint density at radius 3 is 2.67 bits per heavy atom. The van der Waals surface area contributed by atoms with Crippen LogP contribution in [0.1, 0.15) is 26.3 Å². The molecule has 1 saturated heterocycles. The summed E-state index contributed by atoms with van der Waals surface area (Å²) in [7, 11) is 0. The maximum Gasteiger partial charge on any atom is 0.410 e. The Bertz CT molecular complexity index is 528. The molecule has 0 unspecified atom stereocenters. The number of carbonyl (C=O) groups is 1. The Hall–Kier alpha value is -1.11. The third-order valence-electron chi connectivity index (χ3n) is 2.76. The highest BCUT2D eigenvalue weighted by Gasteiger charge is 2.34. The molecule has 1 aromatic rings. The SMILES string of the molecule is CC(C)(C)OC(=O)N1CC(OCc2cnc(Cl)nc2Cl)C1. The molecule has 8 heteroatoms. The van der Waals surface area contributed by atoms with Crippen LogP contribution in [0.3, 0.4) is 0 Å². The highest BCUT2D eigenvalue weighted by atomic mass is 35.5. The van der Waals surface area contributed by atoms with Crippen LogP contribution in [0.5, 0.6) is 0 Å². The van der Waals surface area contributed by atoms with Crippen molar-refractivity contribution >= 4 is 29.3 Å². The minimum atomic E-state index is -0.489. The Morgan fingerprint density at radius 2 is 2.10 bits per heavy atom. The zero-order valence-electron chi connectivity index (χ0n) is 12.1. The third kappa shape index (κ3) is 4.69. The van der Waals surface area contributed by atoms with E-state index in [0.717, 1.165) is 0 Å². The molecule has 21 heavy (non-hydrogen) atoms. The van der Waals surface area contributed by atoms with Crippen molar-refractivity contribution in [2.75, 3.05) is 13.1 Å². The highest BCUT2D eigenvalue weighted by molar-refractivity contribution is 6.32. The average Bonchev–Trinajstić information content (AvgIpc) is 2.27. The average molecular weight is 334 g/mol. The van der Waals surface area contributed by atoms with Crippen molar-refractivity contribution in [3.63, 3.8) is 0 Å². The summed E-state index contributed by atoms with van der Waals surface area (Å²) in [6.07, 6.45) is 1.17. The number of hydrogen-bond acceptors (Lipinski definition) is 5. The number of ether oxygens (including phenoxy) is 2. The number of amides is 1. The van der Waals surface area contributed by atoms with E-state index in [1.54, 1.807) is 4.90 Å². The van der Waals surface area contributed by atoms with E-state index in [9.17, 15) is 4.79 Å². The predicted octanol–water partition coefficient (Wildman–Crippen LogP) is 2.92. The Morgan fingerprint density at radius 1 is 1.43 bits per heavy atom. The lowest BCUT2D eigenvalue weighted by atomic mass is 10.1. The van der Waals surface area contributed by atoms with E-state index >= 15 is 0 Å². The van der Waals surface area contributed by atoms with Gasteiger partial charge < -0.3 is 14.4 Å². The molecule has 0 bridgehead atoms. The molecular formula is C13H17Cl2N3O3. The van der Waals surface area contributed by atoms with Crippen molar-refractivity contribution in [3.05, 3.63) is 22.2 Å². The maximum absolute atomic E-state index is 11.7. The van der Waals surface area contributed by atoms with E-state index in [2.05, 4.69) is 9.97 Å². The summed E-state index contributed by atoms with van der Waals surface area (Å²) >= 11 is 11.5. The van der Waals surface area contributed by atoms with Gasteiger partial charge in [-0.15, -0.1) is 0 Å². The molecule has 0 radical (unpaired) electrons. The quantitative estimate of drug-likeness (QED) is 0.628. The Labute approximate surface area is 133 Å². The van der Waals surface area contributed by atoms with Gasteiger partial charge in [0, 0.05) is 11.8 Å². The van der Waals surface area contributed by atoms with Crippen molar-refractivity contribution in [2.45, 2.75) is 39.1 Å². The van der Waals surface area contributed by atoms with E-state index in [1.807, 2.05) is 20.8 Å². The van der Waals surface area contributed by atoms with Crippen molar-refractivity contribution in [2.24, 2.45) is 0 Å². The second-order valence-corrected chi connectivity index (χ2v) is 6.47. The number of halogens is 2. The van der Waals surface area contributed by atoms with Gasteiger partial charge in [0.05, 0.1) is 25.8 Å². The van der Waals surface area contributed by atoms with Crippen molar-refractivity contribution in [1.82, 2.24) is 14.9 Å². The van der Waals surface area contributed by atoms with Crippen LogP contribution < -0.4 is 0 Å². The molecule has 0 atom stereocenters. The molecule has 1 amide bonds. The minimum absolute atomic E-state index is 0.0377. The predicted molar refractivity (Wildman–Crippen MR) is 78.4 cm³/mol.